The summed E-state index contributed by atoms with van der Waals surface area (Å²) in [7, 11) is 5.69. The number of ether oxygens (including phenoxy) is 2. The van der Waals surface area contributed by atoms with E-state index in [2.05, 4.69) is 53.2 Å². The number of allylic oxidation sites excluding steroid dienone is 2. The first-order valence-electron chi connectivity index (χ1n) is 13.9. The summed E-state index contributed by atoms with van der Waals surface area (Å²) in [5.74, 6) is 3.53. The minimum absolute atomic E-state index is 0.128. The Morgan fingerprint density at radius 2 is 1.87 bits per heavy atom. The molecule has 8 heteroatoms. The molecule has 0 amide bonds. The van der Waals surface area contributed by atoms with Gasteiger partial charge < -0.3 is 23.5 Å². The highest BCUT2D eigenvalue weighted by molar-refractivity contribution is 9.08. The van der Waals surface area contributed by atoms with Crippen LogP contribution < -0.4 is 4.74 Å². The highest BCUT2D eigenvalue weighted by Gasteiger charge is 2.45. The van der Waals surface area contributed by atoms with Crippen molar-refractivity contribution < 1.29 is 28.3 Å². The molecule has 0 radical (unpaired) electrons. The number of halogens is 1. The lowest BCUT2D eigenvalue weighted by atomic mass is 9.72. The lowest BCUT2D eigenvalue weighted by Crippen LogP contribution is -2.40. The van der Waals surface area contributed by atoms with Crippen LogP contribution >= 0.6 is 15.9 Å². The zero-order valence-electron chi connectivity index (χ0n) is 23.8. The molecule has 0 unspecified atom stereocenters. The number of alkyl halides is 1. The number of carbonyl (C=O) groups excluding carboxylic acids is 1. The van der Waals surface area contributed by atoms with Crippen LogP contribution in [-0.2, 0) is 16.9 Å². The van der Waals surface area contributed by atoms with Gasteiger partial charge in [-0.25, -0.2) is 9.78 Å². The molecule has 1 N–H and O–H groups in total. The third kappa shape index (κ3) is 8.29. The van der Waals surface area contributed by atoms with Gasteiger partial charge in [0.1, 0.15) is 12.3 Å². The maximum Gasteiger partial charge on any atom is 0.337 e. The van der Waals surface area contributed by atoms with Gasteiger partial charge in [0.2, 0.25) is 5.89 Å². The molecule has 1 heterocycles. The van der Waals surface area contributed by atoms with Gasteiger partial charge in [-0.1, -0.05) is 53.4 Å². The molecule has 2 aromatic rings. The summed E-state index contributed by atoms with van der Waals surface area (Å²) in [6.07, 6.45) is 16.4. The van der Waals surface area contributed by atoms with Crippen molar-refractivity contribution in [3.05, 3.63) is 71.5 Å². The van der Waals surface area contributed by atoms with Gasteiger partial charge in [0.15, 0.2) is 11.4 Å². The number of aliphatic hydroxyl groups is 1. The van der Waals surface area contributed by atoms with Crippen LogP contribution in [0.5, 0.6) is 5.75 Å². The van der Waals surface area contributed by atoms with E-state index in [0.717, 1.165) is 68.6 Å². The number of hydrogen-bond acceptors (Lipinski definition) is 6. The molecule has 2 aliphatic carbocycles. The van der Waals surface area contributed by atoms with Crippen molar-refractivity contribution in [1.82, 2.24) is 4.98 Å². The van der Waals surface area contributed by atoms with E-state index < -0.39 is 5.60 Å². The average molecular weight is 605 g/mol. The average Bonchev–Trinajstić information content (AvgIpc) is 3.45. The molecular formula is C31H44BrN2O5+. The second-order valence-corrected chi connectivity index (χ2v) is 10.9. The van der Waals surface area contributed by atoms with Crippen LogP contribution in [0, 0.1) is 5.92 Å². The number of carbonyl (C=O) groups is 1. The first-order chi connectivity index (χ1) is 18.8. The van der Waals surface area contributed by atoms with E-state index in [1.165, 1.54) is 13.5 Å². The number of rotatable bonds is 11. The molecule has 2 aliphatic rings. The minimum atomic E-state index is -1.16. The number of esters is 1. The normalized spacial score (nSPS) is 17.4. The highest BCUT2D eigenvalue weighted by Crippen LogP contribution is 2.45. The lowest BCUT2D eigenvalue weighted by Gasteiger charge is -2.37. The molecule has 1 saturated carbocycles. The Hall–Kier alpha value is -2.42. The molecule has 1 aromatic heterocycles. The molecule has 39 heavy (non-hydrogen) atoms. The minimum Gasteiger partial charge on any atom is -0.493 e. The number of benzene rings is 1. The van der Waals surface area contributed by atoms with E-state index in [4.69, 9.17) is 13.9 Å². The fraction of sp³-hybridized carbons (Fsp3) is 0.548. The summed E-state index contributed by atoms with van der Waals surface area (Å²) in [5.41, 5.74) is 0.277. The van der Waals surface area contributed by atoms with Crippen LogP contribution in [0.3, 0.4) is 0 Å². The lowest BCUT2D eigenvalue weighted by molar-refractivity contribution is -0.904. The predicted octanol–water partition coefficient (Wildman–Crippen LogP) is 6.56. The van der Waals surface area contributed by atoms with Crippen LogP contribution in [0.2, 0.25) is 0 Å². The molecule has 1 aromatic carbocycles. The van der Waals surface area contributed by atoms with Gasteiger partial charge in [-0.15, -0.1) is 0 Å². The monoisotopic (exact) mass is 603 g/mol. The molecular weight excluding hydrogens is 560 g/mol. The van der Waals surface area contributed by atoms with Crippen molar-refractivity contribution in [1.29, 1.82) is 0 Å². The zero-order valence-corrected chi connectivity index (χ0v) is 25.4. The molecule has 4 rings (SSSR count). The van der Waals surface area contributed by atoms with Gasteiger partial charge >= 0.3 is 5.97 Å². The first-order valence-corrected chi connectivity index (χ1v) is 15.5. The van der Waals surface area contributed by atoms with E-state index in [1.54, 1.807) is 30.5 Å². The standard InChI is InChI=1S/C30H41N2O5.CH3Br/c1-32(2,19-10-20-36-26-17-15-23(16-18-26)28(33)35-3)22-27-21-31-29(37-27)30(34,24-11-6-4-7-12-24)25-13-8-5-9-14-25;1-2/h6,11-12,15-18,21,25,34H,4-5,7-10,13-14,19-20,22H2,1-3H3;1H3/q+1;/t30-;/m0./s1. The van der Waals surface area contributed by atoms with Crippen molar-refractivity contribution in [2.45, 2.75) is 63.5 Å². The number of nitrogens with zero attached hydrogens (tertiary/aromatic N) is 2. The largest absolute Gasteiger partial charge is 0.493 e. The van der Waals surface area contributed by atoms with Gasteiger partial charge in [0.25, 0.3) is 0 Å². The van der Waals surface area contributed by atoms with E-state index >= 15 is 0 Å². The Balaban J connectivity index is 0.00000205. The Morgan fingerprint density at radius 3 is 2.51 bits per heavy atom. The van der Waals surface area contributed by atoms with Crippen LogP contribution in [0.15, 0.2) is 58.7 Å². The summed E-state index contributed by atoms with van der Waals surface area (Å²) < 4.78 is 17.6. The quantitative estimate of drug-likeness (QED) is 0.135. The second-order valence-electron chi connectivity index (χ2n) is 10.9. The maximum atomic E-state index is 12.1. The van der Waals surface area contributed by atoms with Gasteiger partial charge in [0.05, 0.1) is 46.1 Å². The predicted molar refractivity (Wildman–Crippen MR) is 157 cm³/mol. The Kier molecular flexibility index (Phi) is 11.8. The molecule has 1 atom stereocenters. The van der Waals surface area contributed by atoms with Crippen molar-refractivity contribution in [3.63, 3.8) is 0 Å². The summed E-state index contributed by atoms with van der Waals surface area (Å²) in [5, 5.41) is 12.1. The van der Waals surface area contributed by atoms with Crippen molar-refractivity contribution in [2.75, 3.05) is 40.2 Å². The molecule has 1 fully saturated rings. The van der Waals surface area contributed by atoms with E-state index in [9.17, 15) is 9.90 Å². The summed E-state index contributed by atoms with van der Waals surface area (Å²) in [4.78, 5) is 16.2. The fourth-order valence-corrected chi connectivity index (χ4v) is 5.50. The molecule has 7 nitrogen and oxygen atoms in total. The Bertz CT molecular complexity index is 1100. The molecule has 0 bridgehead atoms. The number of hydrogen-bond donors (Lipinski definition) is 1. The summed E-state index contributed by atoms with van der Waals surface area (Å²) in [6.45, 7) is 2.14. The molecule has 0 spiro atoms. The van der Waals surface area contributed by atoms with Crippen LogP contribution in [0.25, 0.3) is 0 Å². The van der Waals surface area contributed by atoms with Gasteiger partial charge in [-0.3, -0.25) is 0 Å². The SMILES string of the molecule is CBr.COC(=O)c1ccc(OCCC[N+](C)(C)Cc2cnc([C@](O)(C3=CCCC=C3)C3CCCCC3)o2)cc1. The van der Waals surface area contributed by atoms with Crippen molar-refractivity contribution in [3.8, 4) is 5.75 Å². The van der Waals surface area contributed by atoms with Gasteiger partial charge in [-0.2, -0.15) is 0 Å². The summed E-state index contributed by atoms with van der Waals surface area (Å²) >= 11 is 2.94. The number of methoxy groups -OCH3 is 1. The highest BCUT2D eigenvalue weighted by atomic mass is 79.9. The fourth-order valence-electron chi connectivity index (χ4n) is 5.50. The molecule has 214 valence electrons. The maximum absolute atomic E-state index is 12.1. The van der Waals surface area contributed by atoms with Crippen molar-refractivity contribution >= 4 is 21.9 Å². The molecule has 0 aliphatic heterocycles. The zero-order chi connectivity index (χ0) is 28.3. The topological polar surface area (TPSA) is 81.8 Å². The first kappa shape index (κ1) is 31.1. The second kappa shape index (κ2) is 14.8. The van der Waals surface area contributed by atoms with Crippen molar-refractivity contribution in [2.24, 2.45) is 5.92 Å². The number of aromatic nitrogens is 1. The van der Waals surface area contributed by atoms with Crippen LogP contribution in [0.1, 0.15) is 73.4 Å². The van der Waals surface area contributed by atoms with Gasteiger partial charge in [0, 0.05) is 12.3 Å². The van der Waals surface area contributed by atoms with E-state index in [-0.39, 0.29) is 11.9 Å². The number of quaternary nitrogens is 1. The van der Waals surface area contributed by atoms with E-state index in [0.29, 0.717) is 29.1 Å². The van der Waals surface area contributed by atoms with E-state index in [1.807, 2.05) is 5.83 Å². The smallest absolute Gasteiger partial charge is 0.337 e. The summed E-state index contributed by atoms with van der Waals surface area (Å²) in [6, 6.07) is 6.98. The van der Waals surface area contributed by atoms with Crippen LogP contribution in [-0.4, -0.2) is 60.7 Å². The third-order valence-electron chi connectivity index (χ3n) is 7.55. The Labute approximate surface area is 241 Å². The Morgan fingerprint density at radius 1 is 1.15 bits per heavy atom. The third-order valence-corrected chi connectivity index (χ3v) is 7.55. The van der Waals surface area contributed by atoms with Gasteiger partial charge in [-0.05, 0) is 61.4 Å². The number of oxazole rings is 1. The molecule has 0 saturated heterocycles. The van der Waals surface area contributed by atoms with Crippen LogP contribution in [0.4, 0.5) is 0 Å².